The van der Waals surface area contributed by atoms with Gasteiger partial charge in [-0.05, 0) is 64.3 Å². The van der Waals surface area contributed by atoms with Crippen LogP contribution < -0.4 is 10.5 Å². The second-order valence-corrected chi connectivity index (χ2v) is 6.53. The number of methoxy groups -OCH3 is 1. The summed E-state index contributed by atoms with van der Waals surface area (Å²) in [5.74, 6) is 0.955. The first kappa shape index (κ1) is 16.3. The molecule has 1 aliphatic rings. The topological polar surface area (TPSA) is 38.5 Å². The molecule has 2 atom stereocenters. The number of nitrogens with zero attached hydrogens (tertiary/aromatic N) is 1. The molecule has 1 aromatic rings. The van der Waals surface area contributed by atoms with Crippen molar-refractivity contribution in [3.8, 4) is 5.75 Å². The zero-order valence-electron chi connectivity index (χ0n) is 14.0. The van der Waals surface area contributed by atoms with Gasteiger partial charge >= 0.3 is 0 Å². The van der Waals surface area contributed by atoms with E-state index in [0.29, 0.717) is 0 Å². The predicted molar refractivity (Wildman–Crippen MR) is 88.9 cm³/mol. The average Bonchev–Trinajstić information content (AvgIpc) is 3.01. The molecule has 21 heavy (non-hydrogen) atoms. The third kappa shape index (κ3) is 3.41. The first-order valence-corrected chi connectivity index (χ1v) is 8.15. The minimum absolute atomic E-state index is 0.0747. The summed E-state index contributed by atoms with van der Waals surface area (Å²) in [6.07, 6.45) is 4.56. The van der Waals surface area contributed by atoms with E-state index >= 15 is 0 Å². The molecule has 1 aliphatic heterocycles. The molecule has 0 radical (unpaired) electrons. The van der Waals surface area contributed by atoms with Gasteiger partial charge in [0.25, 0.3) is 0 Å². The Balaban J connectivity index is 2.19. The van der Waals surface area contributed by atoms with E-state index in [-0.39, 0.29) is 11.6 Å². The lowest BCUT2D eigenvalue weighted by Crippen LogP contribution is -2.57. The molecule has 1 saturated heterocycles. The minimum Gasteiger partial charge on any atom is -0.496 e. The molecule has 118 valence electrons. The van der Waals surface area contributed by atoms with Crippen LogP contribution >= 0.6 is 0 Å². The molecular formula is C18H30N2O. The van der Waals surface area contributed by atoms with Gasteiger partial charge in [-0.1, -0.05) is 24.6 Å². The van der Waals surface area contributed by atoms with Crippen molar-refractivity contribution in [3.05, 3.63) is 29.3 Å². The van der Waals surface area contributed by atoms with E-state index in [2.05, 4.69) is 43.9 Å². The molecule has 0 amide bonds. The number of rotatable bonds is 6. The smallest absolute Gasteiger partial charge is 0.122 e. The summed E-state index contributed by atoms with van der Waals surface area (Å²) >= 11 is 0. The van der Waals surface area contributed by atoms with Crippen LogP contribution in [0.5, 0.6) is 5.75 Å². The molecule has 0 bridgehead atoms. The third-order valence-electron chi connectivity index (χ3n) is 5.22. The van der Waals surface area contributed by atoms with E-state index in [1.54, 1.807) is 7.11 Å². The van der Waals surface area contributed by atoms with Crippen LogP contribution in [0.4, 0.5) is 0 Å². The van der Waals surface area contributed by atoms with Crippen molar-refractivity contribution in [1.82, 2.24) is 4.90 Å². The van der Waals surface area contributed by atoms with Gasteiger partial charge in [0.1, 0.15) is 5.75 Å². The van der Waals surface area contributed by atoms with Crippen molar-refractivity contribution in [1.29, 1.82) is 0 Å². The summed E-state index contributed by atoms with van der Waals surface area (Å²) in [7, 11) is 1.74. The third-order valence-corrected chi connectivity index (χ3v) is 5.22. The summed E-state index contributed by atoms with van der Waals surface area (Å²) in [5.41, 5.74) is 9.21. The zero-order chi connectivity index (χ0) is 15.5. The van der Waals surface area contributed by atoms with Crippen molar-refractivity contribution in [3.63, 3.8) is 0 Å². The highest BCUT2D eigenvalue weighted by Crippen LogP contribution is 2.30. The van der Waals surface area contributed by atoms with Gasteiger partial charge in [-0.15, -0.1) is 0 Å². The van der Waals surface area contributed by atoms with Gasteiger partial charge in [0.15, 0.2) is 0 Å². The first-order chi connectivity index (χ1) is 10.0. The number of aryl methyl sites for hydroxylation is 1. The van der Waals surface area contributed by atoms with Crippen LogP contribution in [-0.4, -0.2) is 36.7 Å². The quantitative estimate of drug-likeness (QED) is 0.874. The van der Waals surface area contributed by atoms with Gasteiger partial charge < -0.3 is 10.5 Å². The zero-order valence-corrected chi connectivity index (χ0v) is 14.0. The highest BCUT2D eigenvalue weighted by atomic mass is 16.5. The normalized spacial score (nSPS) is 20.2. The van der Waals surface area contributed by atoms with Crippen LogP contribution in [0.2, 0.25) is 0 Å². The Bertz CT molecular complexity index is 468. The summed E-state index contributed by atoms with van der Waals surface area (Å²) in [4.78, 5) is 2.58. The first-order valence-electron chi connectivity index (χ1n) is 8.15. The van der Waals surface area contributed by atoms with E-state index in [9.17, 15) is 0 Å². The molecule has 1 aromatic carbocycles. The maximum Gasteiger partial charge on any atom is 0.122 e. The van der Waals surface area contributed by atoms with E-state index in [1.165, 1.54) is 37.1 Å². The van der Waals surface area contributed by atoms with Crippen LogP contribution in [0, 0.1) is 6.92 Å². The van der Waals surface area contributed by atoms with Crippen molar-refractivity contribution in [2.24, 2.45) is 5.73 Å². The number of hydrogen-bond acceptors (Lipinski definition) is 3. The maximum absolute atomic E-state index is 6.65. The van der Waals surface area contributed by atoms with Crippen molar-refractivity contribution >= 4 is 0 Å². The minimum atomic E-state index is 0.0747. The lowest BCUT2D eigenvalue weighted by atomic mass is 9.84. The van der Waals surface area contributed by atoms with Crippen LogP contribution in [0.1, 0.15) is 44.2 Å². The molecule has 2 unspecified atom stereocenters. The molecular weight excluding hydrogens is 260 g/mol. The number of likely N-dealkylation sites (tertiary alicyclic amines) is 1. The van der Waals surface area contributed by atoms with Crippen molar-refractivity contribution in [2.75, 3.05) is 20.2 Å². The molecule has 3 nitrogen and oxygen atoms in total. The van der Waals surface area contributed by atoms with E-state index in [4.69, 9.17) is 10.5 Å². The van der Waals surface area contributed by atoms with Gasteiger partial charge in [-0.2, -0.15) is 0 Å². The molecule has 1 fully saturated rings. The van der Waals surface area contributed by atoms with Gasteiger partial charge in [0, 0.05) is 11.6 Å². The van der Waals surface area contributed by atoms with Crippen molar-refractivity contribution in [2.45, 2.75) is 58.0 Å². The van der Waals surface area contributed by atoms with Gasteiger partial charge in [0.05, 0.1) is 7.11 Å². The molecule has 0 aliphatic carbocycles. The lowest BCUT2D eigenvalue weighted by molar-refractivity contribution is 0.0996. The number of hydrogen-bond donors (Lipinski definition) is 1. The molecule has 0 saturated carbocycles. The Morgan fingerprint density at radius 2 is 2.00 bits per heavy atom. The Labute approximate surface area is 129 Å². The van der Waals surface area contributed by atoms with Crippen LogP contribution in [-0.2, 0) is 6.42 Å². The molecule has 0 spiro atoms. The monoisotopic (exact) mass is 290 g/mol. The molecule has 3 heteroatoms. The highest BCUT2D eigenvalue weighted by molar-refractivity contribution is 5.37. The lowest BCUT2D eigenvalue weighted by Gasteiger charge is -2.43. The van der Waals surface area contributed by atoms with Crippen LogP contribution in [0.3, 0.4) is 0 Å². The predicted octanol–water partition coefficient (Wildman–Crippen LogP) is 3.14. The summed E-state index contributed by atoms with van der Waals surface area (Å²) in [6, 6.07) is 6.47. The fourth-order valence-electron chi connectivity index (χ4n) is 3.47. The van der Waals surface area contributed by atoms with E-state index in [1.807, 2.05) is 0 Å². The summed E-state index contributed by atoms with van der Waals surface area (Å²) < 4.78 is 5.50. The van der Waals surface area contributed by atoms with E-state index < -0.39 is 0 Å². The molecule has 0 aromatic heterocycles. The Morgan fingerprint density at radius 3 is 2.57 bits per heavy atom. The fraction of sp³-hybridized carbons (Fsp3) is 0.667. The van der Waals surface area contributed by atoms with Crippen LogP contribution in [0.15, 0.2) is 18.2 Å². The van der Waals surface area contributed by atoms with Gasteiger partial charge in [-0.3, -0.25) is 4.90 Å². The highest BCUT2D eigenvalue weighted by Gasteiger charge is 2.37. The second kappa shape index (κ2) is 6.80. The average molecular weight is 290 g/mol. The maximum atomic E-state index is 6.65. The summed E-state index contributed by atoms with van der Waals surface area (Å²) in [6.45, 7) is 9.07. The second-order valence-electron chi connectivity index (χ2n) is 6.53. The van der Waals surface area contributed by atoms with Gasteiger partial charge in [0.2, 0.25) is 0 Å². The Hall–Kier alpha value is -1.06. The van der Waals surface area contributed by atoms with Gasteiger partial charge in [-0.25, -0.2) is 0 Å². The standard InChI is InChI=1S/C18H30N2O/c1-5-18(3,20-10-6-7-11-20)17(19)13-15-12-14(2)8-9-16(15)21-4/h8-9,12,17H,5-7,10-11,13,19H2,1-4H3. The Kier molecular flexibility index (Phi) is 5.28. The number of benzene rings is 1. The SMILES string of the molecule is CCC(C)(C(N)Cc1cc(C)ccc1OC)N1CCCC1. The summed E-state index contributed by atoms with van der Waals surface area (Å²) in [5, 5.41) is 0. The molecule has 1 heterocycles. The largest absolute Gasteiger partial charge is 0.496 e. The van der Waals surface area contributed by atoms with Crippen molar-refractivity contribution < 1.29 is 4.74 Å². The number of nitrogens with two attached hydrogens (primary N) is 1. The molecule has 2 N–H and O–H groups in total. The fourth-order valence-corrected chi connectivity index (χ4v) is 3.47. The Morgan fingerprint density at radius 1 is 1.33 bits per heavy atom. The molecule has 2 rings (SSSR count). The van der Waals surface area contributed by atoms with E-state index in [0.717, 1.165) is 18.6 Å². The van der Waals surface area contributed by atoms with Crippen LogP contribution in [0.25, 0.3) is 0 Å². The number of ether oxygens (including phenoxy) is 1.